The van der Waals surface area contributed by atoms with E-state index in [0.29, 0.717) is 45.6 Å². The average molecular weight is 421 g/mol. The fourth-order valence-electron chi connectivity index (χ4n) is 3.71. The van der Waals surface area contributed by atoms with Gasteiger partial charge in [0.05, 0.1) is 11.2 Å². The van der Waals surface area contributed by atoms with Gasteiger partial charge in [-0.2, -0.15) is 10.4 Å². The molecule has 0 spiro atoms. The summed E-state index contributed by atoms with van der Waals surface area (Å²) in [5.74, 6) is 1.30. The number of aromatic amines is 1. The van der Waals surface area contributed by atoms with Crippen LogP contribution in [0.4, 0.5) is 0 Å². The van der Waals surface area contributed by atoms with Crippen molar-refractivity contribution in [2.75, 3.05) is 13.1 Å². The smallest absolute Gasteiger partial charge is 0.163 e. The van der Waals surface area contributed by atoms with Crippen LogP contribution in [0, 0.1) is 17.2 Å². The maximum absolute atomic E-state index is 12.6. The number of aromatic nitrogens is 2. The van der Waals surface area contributed by atoms with E-state index in [-0.39, 0.29) is 5.78 Å². The Bertz CT molecular complexity index is 1080. The molecular formula is C23H21ClN4O2. The highest BCUT2D eigenvalue weighted by Crippen LogP contribution is 2.36. The first-order valence-corrected chi connectivity index (χ1v) is 10.3. The van der Waals surface area contributed by atoms with Crippen LogP contribution in [0.25, 0.3) is 11.1 Å². The van der Waals surface area contributed by atoms with Crippen LogP contribution in [0.1, 0.15) is 35.2 Å². The highest BCUT2D eigenvalue weighted by atomic mass is 35.5. The zero-order valence-corrected chi connectivity index (χ0v) is 17.1. The van der Waals surface area contributed by atoms with Gasteiger partial charge in [-0.25, -0.2) is 0 Å². The SMILES string of the molecule is N#Cc1c(Oc2ccc(C(=O)CC3CCNCC3)cc2Cl)cccc1-c1cn[nH]c1. The molecule has 30 heavy (non-hydrogen) atoms. The first kappa shape index (κ1) is 20.1. The number of piperidine rings is 1. The Labute approximate surface area is 179 Å². The summed E-state index contributed by atoms with van der Waals surface area (Å²) in [4.78, 5) is 12.6. The van der Waals surface area contributed by atoms with Crippen molar-refractivity contribution < 1.29 is 9.53 Å². The Morgan fingerprint density at radius 3 is 2.77 bits per heavy atom. The number of nitriles is 1. The number of nitrogens with one attached hydrogen (secondary N) is 2. The summed E-state index contributed by atoms with van der Waals surface area (Å²) in [6.45, 7) is 1.93. The number of Topliss-reactive ketones (excluding diaryl/α,β-unsaturated/α-hetero) is 1. The molecule has 1 fully saturated rings. The third kappa shape index (κ3) is 4.38. The minimum Gasteiger partial charge on any atom is -0.454 e. The van der Waals surface area contributed by atoms with Gasteiger partial charge in [-0.3, -0.25) is 9.89 Å². The van der Waals surface area contributed by atoms with Gasteiger partial charge in [0.1, 0.15) is 23.1 Å². The molecule has 0 aliphatic carbocycles. The van der Waals surface area contributed by atoms with Crippen LogP contribution in [0.2, 0.25) is 5.02 Å². The molecule has 1 aliphatic heterocycles. The highest BCUT2D eigenvalue weighted by molar-refractivity contribution is 6.32. The molecule has 3 aromatic rings. The number of benzene rings is 2. The Morgan fingerprint density at radius 2 is 2.07 bits per heavy atom. The molecule has 2 N–H and O–H groups in total. The predicted molar refractivity (Wildman–Crippen MR) is 115 cm³/mol. The van der Waals surface area contributed by atoms with E-state index in [1.165, 1.54) is 0 Å². The monoisotopic (exact) mass is 420 g/mol. The zero-order valence-electron chi connectivity index (χ0n) is 16.3. The minimum absolute atomic E-state index is 0.0926. The lowest BCUT2D eigenvalue weighted by Gasteiger charge is -2.21. The van der Waals surface area contributed by atoms with Crippen molar-refractivity contribution >= 4 is 17.4 Å². The summed E-state index contributed by atoms with van der Waals surface area (Å²) in [7, 11) is 0. The Balaban J connectivity index is 1.54. The van der Waals surface area contributed by atoms with E-state index in [1.54, 1.807) is 36.7 Å². The normalized spacial score (nSPS) is 14.3. The number of carbonyl (C=O) groups is 1. The van der Waals surface area contributed by atoms with E-state index >= 15 is 0 Å². The van der Waals surface area contributed by atoms with Crippen LogP contribution in [0.15, 0.2) is 48.8 Å². The van der Waals surface area contributed by atoms with Crippen LogP contribution >= 0.6 is 11.6 Å². The molecular weight excluding hydrogens is 400 g/mol. The molecule has 7 heteroatoms. The fraction of sp³-hybridized carbons (Fsp3) is 0.261. The lowest BCUT2D eigenvalue weighted by Crippen LogP contribution is -2.28. The quantitative estimate of drug-likeness (QED) is 0.549. The summed E-state index contributed by atoms with van der Waals surface area (Å²) in [6, 6.07) is 12.6. The molecule has 1 aliphatic rings. The van der Waals surface area contributed by atoms with Gasteiger partial charge in [-0.1, -0.05) is 23.7 Å². The second-order valence-electron chi connectivity index (χ2n) is 7.35. The van der Waals surface area contributed by atoms with Crippen molar-refractivity contribution in [2.45, 2.75) is 19.3 Å². The van der Waals surface area contributed by atoms with Gasteiger partial charge in [0.25, 0.3) is 0 Å². The number of nitrogens with zero attached hydrogens (tertiary/aromatic N) is 2. The molecule has 1 aromatic heterocycles. The van der Waals surface area contributed by atoms with Gasteiger partial charge in [0.2, 0.25) is 0 Å². The molecule has 2 aromatic carbocycles. The highest BCUT2D eigenvalue weighted by Gasteiger charge is 2.19. The number of carbonyl (C=O) groups excluding carboxylic acids is 1. The van der Waals surface area contributed by atoms with Crippen LogP contribution in [-0.2, 0) is 0 Å². The van der Waals surface area contributed by atoms with Crippen LogP contribution < -0.4 is 10.1 Å². The minimum atomic E-state index is 0.0926. The Hall–Kier alpha value is -3.14. The molecule has 0 amide bonds. The van der Waals surface area contributed by atoms with Crippen molar-refractivity contribution in [1.29, 1.82) is 5.26 Å². The molecule has 0 saturated carbocycles. The summed E-state index contributed by atoms with van der Waals surface area (Å²) in [5.41, 5.74) is 2.48. The van der Waals surface area contributed by atoms with Crippen molar-refractivity contribution in [3.05, 3.63) is 64.9 Å². The first-order chi connectivity index (χ1) is 14.7. The summed E-state index contributed by atoms with van der Waals surface area (Å²) < 4.78 is 5.95. The molecule has 0 radical (unpaired) electrons. The van der Waals surface area contributed by atoms with Gasteiger partial charge in [-0.15, -0.1) is 0 Å². The molecule has 2 heterocycles. The molecule has 0 atom stereocenters. The number of hydrogen-bond acceptors (Lipinski definition) is 5. The van der Waals surface area contributed by atoms with Crippen LogP contribution in [-0.4, -0.2) is 29.1 Å². The lowest BCUT2D eigenvalue weighted by atomic mass is 9.90. The summed E-state index contributed by atoms with van der Waals surface area (Å²) in [5, 5.41) is 20.0. The lowest BCUT2D eigenvalue weighted by molar-refractivity contribution is 0.0952. The average Bonchev–Trinajstić information content (AvgIpc) is 3.30. The van der Waals surface area contributed by atoms with E-state index in [4.69, 9.17) is 16.3 Å². The van der Waals surface area contributed by atoms with Crippen LogP contribution in [0.5, 0.6) is 11.5 Å². The largest absolute Gasteiger partial charge is 0.454 e. The standard InChI is InChI=1S/C23H21ClN4O2/c24-20-11-16(21(29)10-15-6-8-26-9-7-15)4-5-23(20)30-22-3-1-2-18(19(22)12-25)17-13-27-28-14-17/h1-5,11,13-15,26H,6-10H2,(H,27,28). The fourth-order valence-corrected chi connectivity index (χ4v) is 3.93. The Kier molecular flexibility index (Phi) is 6.12. The van der Waals surface area contributed by atoms with Gasteiger partial charge in [0, 0.05) is 29.3 Å². The van der Waals surface area contributed by atoms with E-state index in [0.717, 1.165) is 31.5 Å². The van der Waals surface area contributed by atoms with Gasteiger partial charge in [-0.05, 0) is 56.1 Å². The Morgan fingerprint density at radius 1 is 1.23 bits per heavy atom. The number of ketones is 1. The molecule has 0 unspecified atom stereocenters. The molecule has 4 rings (SSSR count). The second kappa shape index (κ2) is 9.12. The molecule has 152 valence electrons. The molecule has 6 nitrogen and oxygen atoms in total. The van der Waals surface area contributed by atoms with Crippen LogP contribution in [0.3, 0.4) is 0 Å². The molecule has 1 saturated heterocycles. The van der Waals surface area contributed by atoms with Crippen molar-refractivity contribution in [3.8, 4) is 28.7 Å². The summed E-state index contributed by atoms with van der Waals surface area (Å²) >= 11 is 6.42. The van der Waals surface area contributed by atoms with Gasteiger partial charge < -0.3 is 10.1 Å². The predicted octanol–water partition coefficient (Wildman–Crippen LogP) is 4.97. The topological polar surface area (TPSA) is 90.8 Å². The van der Waals surface area contributed by atoms with Crippen molar-refractivity contribution in [3.63, 3.8) is 0 Å². The van der Waals surface area contributed by atoms with E-state index < -0.39 is 0 Å². The van der Waals surface area contributed by atoms with Gasteiger partial charge >= 0.3 is 0 Å². The third-order valence-electron chi connectivity index (χ3n) is 5.35. The maximum Gasteiger partial charge on any atom is 0.163 e. The van der Waals surface area contributed by atoms with Crippen molar-refractivity contribution in [1.82, 2.24) is 15.5 Å². The van der Waals surface area contributed by atoms with E-state index in [1.807, 2.05) is 12.1 Å². The number of H-pyrrole nitrogens is 1. The number of ether oxygens (including phenoxy) is 1. The zero-order chi connectivity index (χ0) is 20.9. The van der Waals surface area contributed by atoms with E-state index in [2.05, 4.69) is 21.6 Å². The number of hydrogen-bond donors (Lipinski definition) is 2. The van der Waals surface area contributed by atoms with Crippen molar-refractivity contribution in [2.24, 2.45) is 5.92 Å². The maximum atomic E-state index is 12.6. The number of halogens is 1. The third-order valence-corrected chi connectivity index (χ3v) is 5.65. The van der Waals surface area contributed by atoms with Gasteiger partial charge in [0.15, 0.2) is 5.78 Å². The van der Waals surface area contributed by atoms with E-state index in [9.17, 15) is 10.1 Å². The second-order valence-corrected chi connectivity index (χ2v) is 7.75. The number of rotatable bonds is 6. The first-order valence-electron chi connectivity index (χ1n) is 9.89. The molecule has 0 bridgehead atoms. The summed E-state index contributed by atoms with van der Waals surface area (Å²) in [6.07, 6.45) is 5.93.